The van der Waals surface area contributed by atoms with Crippen molar-refractivity contribution in [3.05, 3.63) is 34.5 Å². The summed E-state index contributed by atoms with van der Waals surface area (Å²) in [6.45, 7) is 4.80. The molecule has 0 aliphatic carbocycles. The van der Waals surface area contributed by atoms with Gasteiger partial charge >= 0.3 is 0 Å². The number of fused-ring (bicyclic) bond motifs is 1. The van der Waals surface area contributed by atoms with Gasteiger partial charge in [-0.3, -0.25) is 9.69 Å². The molecular formula is C19H24ClN3O. The summed E-state index contributed by atoms with van der Waals surface area (Å²) in [5.41, 5.74) is 3.14. The molecule has 5 heteroatoms. The number of likely N-dealkylation sites (tertiary alicyclic amines) is 2. The van der Waals surface area contributed by atoms with Crippen LogP contribution in [0.25, 0.3) is 10.9 Å². The number of nitrogens with zero attached hydrogens (tertiary/aromatic N) is 2. The maximum Gasteiger partial charge on any atom is 0.242 e. The van der Waals surface area contributed by atoms with Crippen molar-refractivity contribution in [2.75, 3.05) is 20.1 Å². The largest absolute Gasteiger partial charge is 0.356 e. The summed E-state index contributed by atoms with van der Waals surface area (Å²) in [5.74, 6) is 0.304. The summed E-state index contributed by atoms with van der Waals surface area (Å²) in [7, 11) is 1.94. The number of aryl methyl sites for hydroxylation is 1. The van der Waals surface area contributed by atoms with Crippen molar-refractivity contribution in [3.8, 4) is 0 Å². The Labute approximate surface area is 147 Å². The van der Waals surface area contributed by atoms with Crippen molar-refractivity contribution in [2.45, 2.75) is 44.7 Å². The second-order valence-electron chi connectivity index (χ2n) is 7.28. The Bertz CT molecular complexity index is 799. The van der Waals surface area contributed by atoms with Gasteiger partial charge in [0.1, 0.15) is 5.54 Å². The van der Waals surface area contributed by atoms with E-state index in [-0.39, 0.29) is 5.54 Å². The quantitative estimate of drug-likeness (QED) is 0.901. The molecule has 1 unspecified atom stereocenters. The molecule has 24 heavy (non-hydrogen) atoms. The van der Waals surface area contributed by atoms with Crippen LogP contribution in [-0.4, -0.2) is 46.4 Å². The summed E-state index contributed by atoms with van der Waals surface area (Å²) in [6.07, 6.45) is 4.16. The lowest BCUT2D eigenvalue weighted by atomic mass is 9.85. The molecule has 128 valence electrons. The van der Waals surface area contributed by atoms with E-state index < -0.39 is 0 Å². The van der Waals surface area contributed by atoms with E-state index in [2.05, 4.69) is 22.9 Å². The minimum Gasteiger partial charge on any atom is -0.356 e. The van der Waals surface area contributed by atoms with Gasteiger partial charge in [-0.15, -0.1) is 0 Å². The van der Waals surface area contributed by atoms with Crippen LogP contribution >= 0.6 is 11.6 Å². The standard InChI is InChI=1S/C19H24ClN3O/c1-13-14-6-3-7-15(20)17(14)21-16(13)12-23-11-5-9-19(23)8-4-10-22(2)18(19)24/h3,6-7,21H,4-5,8-12H2,1-2H3. The molecule has 1 spiro atoms. The first kappa shape index (κ1) is 16.0. The van der Waals surface area contributed by atoms with Crippen molar-refractivity contribution in [1.29, 1.82) is 0 Å². The number of benzene rings is 1. The van der Waals surface area contributed by atoms with E-state index in [9.17, 15) is 4.79 Å². The summed E-state index contributed by atoms with van der Waals surface area (Å²) in [6, 6.07) is 6.02. The van der Waals surface area contributed by atoms with E-state index in [1.165, 1.54) is 16.6 Å². The van der Waals surface area contributed by atoms with Crippen molar-refractivity contribution in [1.82, 2.24) is 14.8 Å². The first-order valence-corrected chi connectivity index (χ1v) is 9.17. The summed E-state index contributed by atoms with van der Waals surface area (Å²) < 4.78 is 0. The Balaban J connectivity index is 1.69. The number of piperidine rings is 1. The second-order valence-corrected chi connectivity index (χ2v) is 7.69. The van der Waals surface area contributed by atoms with Gasteiger partial charge in [-0.25, -0.2) is 0 Å². The molecule has 2 aromatic rings. The summed E-state index contributed by atoms with van der Waals surface area (Å²) in [4.78, 5) is 20.7. The molecule has 2 aliphatic heterocycles. The predicted molar refractivity (Wildman–Crippen MR) is 97.3 cm³/mol. The molecule has 0 saturated carbocycles. The average Bonchev–Trinajstić information content (AvgIpc) is 3.10. The smallest absolute Gasteiger partial charge is 0.242 e. The van der Waals surface area contributed by atoms with Crippen molar-refractivity contribution >= 4 is 28.4 Å². The average molecular weight is 346 g/mol. The molecular weight excluding hydrogens is 322 g/mol. The first-order chi connectivity index (χ1) is 11.5. The van der Waals surface area contributed by atoms with Crippen LogP contribution in [0, 0.1) is 6.92 Å². The number of halogens is 1. The molecule has 2 saturated heterocycles. The Hall–Kier alpha value is -1.52. The Morgan fingerprint density at radius 1 is 1.25 bits per heavy atom. The second kappa shape index (κ2) is 5.78. The lowest BCUT2D eigenvalue weighted by Gasteiger charge is -2.43. The summed E-state index contributed by atoms with van der Waals surface area (Å²) in [5, 5.41) is 1.93. The number of likely N-dealkylation sites (N-methyl/N-ethyl adjacent to an activating group) is 1. The number of H-pyrrole nitrogens is 1. The van der Waals surface area contributed by atoms with Gasteiger partial charge in [0.05, 0.1) is 10.5 Å². The van der Waals surface area contributed by atoms with Crippen LogP contribution in [0.2, 0.25) is 5.02 Å². The normalized spacial score (nSPS) is 25.3. The van der Waals surface area contributed by atoms with Gasteiger partial charge < -0.3 is 9.88 Å². The van der Waals surface area contributed by atoms with E-state index in [1.54, 1.807) is 0 Å². The monoisotopic (exact) mass is 345 g/mol. The fraction of sp³-hybridized carbons (Fsp3) is 0.526. The lowest BCUT2D eigenvalue weighted by Crippen LogP contribution is -2.58. The van der Waals surface area contributed by atoms with E-state index >= 15 is 0 Å². The third-order valence-corrected chi connectivity index (χ3v) is 6.26. The highest BCUT2D eigenvalue weighted by Crippen LogP contribution is 2.39. The fourth-order valence-electron chi connectivity index (χ4n) is 4.58. The third-order valence-electron chi connectivity index (χ3n) is 5.95. The fourth-order valence-corrected chi connectivity index (χ4v) is 4.80. The van der Waals surface area contributed by atoms with Crippen molar-refractivity contribution in [3.63, 3.8) is 0 Å². The highest BCUT2D eigenvalue weighted by molar-refractivity contribution is 6.35. The lowest BCUT2D eigenvalue weighted by molar-refractivity contribution is -0.146. The number of aromatic amines is 1. The van der Waals surface area contributed by atoms with Crippen LogP contribution in [0.4, 0.5) is 0 Å². The number of carbonyl (C=O) groups excluding carboxylic acids is 1. The van der Waals surface area contributed by atoms with E-state index in [4.69, 9.17) is 11.6 Å². The number of hydrogen-bond acceptors (Lipinski definition) is 2. The van der Waals surface area contributed by atoms with E-state index in [0.29, 0.717) is 5.91 Å². The highest BCUT2D eigenvalue weighted by Gasteiger charge is 2.50. The number of carbonyl (C=O) groups is 1. The van der Waals surface area contributed by atoms with E-state index in [0.717, 1.165) is 55.9 Å². The molecule has 4 nitrogen and oxygen atoms in total. The molecule has 4 rings (SSSR count). The number of amides is 1. The third kappa shape index (κ3) is 2.27. The van der Waals surface area contributed by atoms with E-state index in [1.807, 2.05) is 24.1 Å². The number of para-hydroxylation sites is 1. The van der Waals surface area contributed by atoms with Gasteiger partial charge in [-0.2, -0.15) is 0 Å². The van der Waals surface area contributed by atoms with Crippen LogP contribution in [-0.2, 0) is 11.3 Å². The minimum absolute atomic E-state index is 0.291. The molecule has 1 amide bonds. The van der Waals surface area contributed by atoms with Gasteiger partial charge in [-0.05, 0) is 50.8 Å². The van der Waals surface area contributed by atoms with Crippen molar-refractivity contribution < 1.29 is 4.79 Å². The predicted octanol–water partition coefficient (Wildman–Crippen LogP) is 3.72. The van der Waals surface area contributed by atoms with Gasteiger partial charge in [0.2, 0.25) is 5.91 Å². The topological polar surface area (TPSA) is 39.3 Å². The van der Waals surface area contributed by atoms with Crippen LogP contribution in [0.5, 0.6) is 0 Å². The highest BCUT2D eigenvalue weighted by atomic mass is 35.5. The van der Waals surface area contributed by atoms with Crippen LogP contribution in [0.1, 0.15) is 36.9 Å². The van der Waals surface area contributed by atoms with Crippen LogP contribution < -0.4 is 0 Å². The molecule has 2 aliphatic rings. The number of aromatic nitrogens is 1. The van der Waals surface area contributed by atoms with Gasteiger partial charge in [-0.1, -0.05) is 23.7 Å². The molecule has 3 heterocycles. The molecule has 0 bridgehead atoms. The molecule has 1 N–H and O–H groups in total. The molecule has 1 atom stereocenters. The molecule has 2 fully saturated rings. The van der Waals surface area contributed by atoms with Gasteiger partial charge in [0.25, 0.3) is 0 Å². The van der Waals surface area contributed by atoms with Crippen molar-refractivity contribution in [2.24, 2.45) is 0 Å². The Morgan fingerprint density at radius 2 is 2.00 bits per heavy atom. The summed E-state index contributed by atoms with van der Waals surface area (Å²) >= 11 is 6.34. The number of nitrogens with one attached hydrogen (secondary N) is 1. The maximum atomic E-state index is 12.9. The number of rotatable bonds is 2. The zero-order valence-electron chi connectivity index (χ0n) is 14.4. The Morgan fingerprint density at radius 3 is 2.75 bits per heavy atom. The molecule has 1 aromatic heterocycles. The van der Waals surface area contributed by atoms with Crippen LogP contribution in [0.3, 0.4) is 0 Å². The first-order valence-electron chi connectivity index (χ1n) is 8.79. The Kier molecular flexibility index (Phi) is 3.85. The zero-order chi connectivity index (χ0) is 16.9. The van der Waals surface area contributed by atoms with Gasteiger partial charge in [0.15, 0.2) is 0 Å². The SMILES string of the molecule is Cc1c(CN2CCCC23CCCN(C)C3=O)[nH]c2c(Cl)cccc12. The maximum absolute atomic E-state index is 12.9. The molecule has 0 radical (unpaired) electrons. The minimum atomic E-state index is -0.291. The van der Waals surface area contributed by atoms with Crippen LogP contribution in [0.15, 0.2) is 18.2 Å². The molecule has 1 aromatic carbocycles. The van der Waals surface area contributed by atoms with Gasteiger partial charge in [0, 0.05) is 31.2 Å². The number of hydrogen-bond donors (Lipinski definition) is 1. The zero-order valence-corrected chi connectivity index (χ0v) is 15.1.